The molecular formula is C13H16N4O. The smallest absolute Gasteiger partial charge is 0.242 e. The van der Waals surface area contributed by atoms with E-state index in [9.17, 15) is 0 Å². The number of nitrogens with two attached hydrogens (primary N) is 1. The van der Waals surface area contributed by atoms with E-state index in [-0.39, 0.29) is 0 Å². The van der Waals surface area contributed by atoms with Gasteiger partial charge in [-0.25, -0.2) is 4.98 Å². The monoisotopic (exact) mass is 244 g/mol. The van der Waals surface area contributed by atoms with Crippen LogP contribution < -0.4 is 15.4 Å². The van der Waals surface area contributed by atoms with E-state index in [0.717, 1.165) is 5.69 Å². The fourth-order valence-electron chi connectivity index (χ4n) is 1.66. The zero-order valence-electron chi connectivity index (χ0n) is 10.5. The number of anilines is 3. The van der Waals surface area contributed by atoms with Crippen LogP contribution in [0.2, 0.25) is 0 Å². The molecule has 0 atom stereocenters. The molecule has 1 aromatic heterocycles. The predicted octanol–water partition coefficient (Wildman–Crippen LogP) is 2.23. The molecule has 0 spiro atoms. The van der Waals surface area contributed by atoms with Crippen molar-refractivity contribution < 1.29 is 4.74 Å². The van der Waals surface area contributed by atoms with Crippen LogP contribution in [0.25, 0.3) is 0 Å². The van der Waals surface area contributed by atoms with Gasteiger partial charge in [-0.3, -0.25) is 0 Å². The second-order valence-electron chi connectivity index (χ2n) is 3.74. The van der Waals surface area contributed by atoms with Crippen LogP contribution in [0.5, 0.6) is 5.88 Å². The molecule has 0 aliphatic carbocycles. The Morgan fingerprint density at radius 3 is 2.61 bits per heavy atom. The molecule has 1 heterocycles. The maximum atomic E-state index is 6.02. The van der Waals surface area contributed by atoms with Gasteiger partial charge in [0.05, 0.1) is 6.61 Å². The fraction of sp³-hybridized carbons (Fsp3) is 0.231. The van der Waals surface area contributed by atoms with Gasteiger partial charge in [-0.1, -0.05) is 18.2 Å². The molecule has 0 saturated carbocycles. The number of rotatable bonds is 4. The summed E-state index contributed by atoms with van der Waals surface area (Å²) in [5.74, 6) is 1.06. The van der Waals surface area contributed by atoms with Gasteiger partial charge in [0.1, 0.15) is 12.0 Å². The van der Waals surface area contributed by atoms with Gasteiger partial charge in [0.25, 0.3) is 0 Å². The van der Waals surface area contributed by atoms with Crippen LogP contribution in [0.1, 0.15) is 6.92 Å². The van der Waals surface area contributed by atoms with Gasteiger partial charge in [-0.15, -0.1) is 0 Å². The first-order chi connectivity index (χ1) is 8.74. The fourth-order valence-corrected chi connectivity index (χ4v) is 1.66. The van der Waals surface area contributed by atoms with Crippen molar-refractivity contribution >= 4 is 17.2 Å². The molecule has 0 aliphatic heterocycles. The second-order valence-corrected chi connectivity index (χ2v) is 3.74. The third-order valence-corrected chi connectivity index (χ3v) is 2.57. The first-order valence-electron chi connectivity index (χ1n) is 5.76. The van der Waals surface area contributed by atoms with Crippen molar-refractivity contribution in [1.29, 1.82) is 0 Å². The van der Waals surface area contributed by atoms with Gasteiger partial charge in [0, 0.05) is 12.7 Å². The van der Waals surface area contributed by atoms with E-state index >= 15 is 0 Å². The number of ether oxygens (including phenoxy) is 1. The number of benzene rings is 1. The highest BCUT2D eigenvalue weighted by Gasteiger charge is 2.13. The predicted molar refractivity (Wildman–Crippen MR) is 72.1 cm³/mol. The van der Waals surface area contributed by atoms with Crippen LogP contribution in [0.4, 0.5) is 17.2 Å². The normalized spacial score (nSPS) is 10.1. The van der Waals surface area contributed by atoms with E-state index in [4.69, 9.17) is 10.5 Å². The lowest BCUT2D eigenvalue weighted by Crippen LogP contribution is -2.14. The first-order valence-corrected chi connectivity index (χ1v) is 5.76. The van der Waals surface area contributed by atoms with Crippen LogP contribution in [-0.2, 0) is 0 Å². The number of hydrogen-bond donors (Lipinski definition) is 1. The van der Waals surface area contributed by atoms with Gasteiger partial charge in [0.2, 0.25) is 5.88 Å². The minimum absolute atomic E-state index is 0.422. The molecule has 0 radical (unpaired) electrons. The Kier molecular flexibility index (Phi) is 3.62. The summed E-state index contributed by atoms with van der Waals surface area (Å²) in [7, 11) is 1.91. The largest absolute Gasteiger partial charge is 0.476 e. The average molecular weight is 244 g/mol. The van der Waals surface area contributed by atoms with Crippen molar-refractivity contribution in [1.82, 2.24) is 9.97 Å². The molecule has 2 rings (SSSR count). The van der Waals surface area contributed by atoms with Gasteiger partial charge >= 0.3 is 0 Å². The van der Waals surface area contributed by atoms with Gasteiger partial charge in [-0.2, -0.15) is 4.98 Å². The number of nitrogen functional groups attached to an aromatic ring is 1. The molecule has 5 nitrogen and oxygen atoms in total. The summed E-state index contributed by atoms with van der Waals surface area (Å²) in [5, 5.41) is 0. The lowest BCUT2D eigenvalue weighted by atomic mass is 10.3. The average Bonchev–Trinajstić information content (AvgIpc) is 2.42. The molecular weight excluding hydrogens is 228 g/mol. The van der Waals surface area contributed by atoms with Crippen molar-refractivity contribution in [2.24, 2.45) is 0 Å². The van der Waals surface area contributed by atoms with Gasteiger partial charge in [-0.05, 0) is 19.1 Å². The Bertz CT molecular complexity index is 516. The molecule has 0 fully saturated rings. The summed E-state index contributed by atoms with van der Waals surface area (Å²) in [6.45, 7) is 2.41. The molecule has 18 heavy (non-hydrogen) atoms. The summed E-state index contributed by atoms with van der Waals surface area (Å²) in [4.78, 5) is 10.1. The molecule has 0 amide bonds. The second kappa shape index (κ2) is 5.35. The lowest BCUT2D eigenvalue weighted by Gasteiger charge is -2.20. The van der Waals surface area contributed by atoms with Crippen molar-refractivity contribution in [2.45, 2.75) is 6.92 Å². The third-order valence-electron chi connectivity index (χ3n) is 2.57. The highest BCUT2D eigenvalue weighted by Crippen LogP contribution is 2.31. The standard InChI is InChI=1S/C13H16N4O/c1-3-18-13-11(14)12(15-9-16-13)17(2)10-7-5-4-6-8-10/h4-9H,3,14H2,1-2H3. The minimum Gasteiger partial charge on any atom is -0.476 e. The minimum atomic E-state index is 0.422. The molecule has 0 bridgehead atoms. The zero-order valence-corrected chi connectivity index (χ0v) is 10.5. The quantitative estimate of drug-likeness (QED) is 0.893. The van der Waals surface area contributed by atoms with Crippen LogP contribution >= 0.6 is 0 Å². The van der Waals surface area contributed by atoms with Gasteiger partial charge in [0.15, 0.2) is 5.82 Å². The maximum Gasteiger partial charge on any atom is 0.242 e. The molecule has 2 N–H and O–H groups in total. The van der Waals surface area contributed by atoms with Crippen LogP contribution in [0, 0.1) is 0 Å². The maximum absolute atomic E-state index is 6.02. The third kappa shape index (κ3) is 2.34. The van der Waals surface area contributed by atoms with Crippen molar-refractivity contribution in [2.75, 3.05) is 24.3 Å². The van der Waals surface area contributed by atoms with E-state index in [1.165, 1.54) is 6.33 Å². The SMILES string of the molecule is CCOc1ncnc(N(C)c2ccccc2)c1N. The molecule has 1 aromatic carbocycles. The summed E-state index contributed by atoms with van der Waals surface area (Å²) >= 11 is 0. The first kappa shape index (κ1) is 12.2. The van der Waals surface area contributed by atoms with E-state index in [1.807, 2.05) is 49.2 Å². The Morgan fingerprint density at radius 1 is 1.22 bits per heavy atom. The lowest BCUT2D eigenvalue weighted by molar-refractivity contribution is 0.328. The Balaban J connectivity index is 2.36. The molecule has 0 aliphatic rings. The van der Waals surface area contributed by atoms with Crippen LogP contribution in [0.3, 0.4) is 0 Å². The molecule has 0 unspecified atom stereocenters. The van der Waals surface area contributed by atoms with Crippen molar-refractivity contribution in [3.8, 4) is 5.88 Å². The van der Waals surface area contributed by atoms with Crippen molar-refractivity contribution in [3.05, 3.63) is 36.7 Å². The number of aromatic nitrogens is 2. The van der Waals surface area contributed by atoms with E-state index < -0.39 is 0 Å². The molecule has 5 heteroatoms. The van der Waals surface area contributed by atoms with Gasteiger partial charge < -0.3 is 15.4 Å². The Morgan fingerprint density at radius 2 is 1.94 bits per heavy atom. The topological polar surface area (TPSA) is 64.3 Å². The van der Waals surface area contributed by atoms with Crippen LogP contribution in [0.15, 0.2) is 36.7 Å². The van der Waals surface area contributed by atoms with Crippen molar-refractivity contribution in [3.63, 3.8) is 0 Å². The summed E-state index contributed by atoms with van der Waals surface area (Å²) in [6, 6.07) is 9.87. The van der Waals surface area contributed by atoms with Crippen LogP contribution in [-0.4, -0.2) is 23.6 Å². The zero-order chi connectivity index (χ0) is 13.0. The van der Waals surface area contributed by atoms with E-state index in [0.29, 0.717) is 24.0 Å². The summed E-state index contributed by atoms with van der Waals surface area (Å²) in [6.07, 6.45) is 1.45. The molecule has 94 valence electrons. The number of hydrogen-bond acceptors (Lipinski definition) is 5. The van der Waals surface area contributed by atoms with E-state index in [2.05, 4.69) is 9.97 Å². The highest BCUT2D eigenvalue weighted by molar-refractivity contribution is 5.73. The Labute approximate surface area is 106 Å². The number of para-hydroxylation sites is 1. The highest BCUT2D eigenvalue weighted by atomic mass is 16.5. The Hall–Kier alpha value is -2.30. The number of nitrogens with zero attached hydrogens (tertiary/aromatic N) is 3. The van der Waals surface area contributed by atoms with E-state index in [1.54, 1.807) is 0 Å². The summed E-state index contributed by atoms with van der Waals surface area (Å²) < 4.78 is 5.36. The molecule has 2 aromatic rings. The molecule has 0 saturated heterocycles. The summed E-state index contributed by atoms with van der Waals surface area (Å²) in [5.41, 5.74) is 7.47.